The second kappa shape index (κ2) is 6.90. The van der Waals surface area contributed by atoms with Crippen LogP contribution in [0.2, 0.25) is 0 Å². The van der Waals surface area contributed by atoms with E-state index in [-0.39, 0.29) is 0 Å². The van der Waals surface area contributed by atoms with Crippen molar-refractivity contribution in [1.82, 2.24) is 14.8 Å². The first-order chi connectivity index (χ1) is 10.6. The van der Waals surface area contributed by atoms with Gasteiger partial charge in [-0.25, -0.2) is 4.98 Å². The number of hydrogen-bond acceptors (Lipinski definition) is 4. The number of thiazole rings is 1. The summed E-state index contributed by atoms with van der Waals surface area (Å²) in [5.41, 5.74) is 1.27. The van der Waals surface area contributed by atoms with Gasteiger partial charge in [-0.2, -0.15) is 0 Å². The first-order valence-corrected chi connectivity index (χ1v) is 8.88. The Morgan fingerprint density at radius 3 is 2.73 bits per heavy atom. The molecule has 1 atom stereocenters. The molecule has 1 aliphatic rings. The standard InChI is InChI=1S/C18H25N3S/c1-14(2)16-12-20(3)9-10-21(16)13-18-19-11-17(22-18)15-7-5-4-6-8-15/h4-8,11,14,16H,9-10,12-13H2,1-3H3/t16-/m0/s1. The molecule has 0 saturated carbocycles. The molecule has 0 radical (unpaired) electrons. The molecule has 0 bridgehead atoms. The number of piperazine rings is 1. The lowest BCUT2D eigenvalue weighted by molar-refractivity contribution is 0.0570. The van der Waals surface area contributed by atoms with Gasteiger partial charge in [-0.05, 0) is 18.5 Å². The Labute approximate surface area is 137 Å². The molecule has 2 aromatic rings. The highest BCUT2D eigenvalue weighted by atomic mass is 32.1. The lowest BCUT2D eigenvalue weighted by atomic mass is 10.00. The van der Waals surface area contributed by atoms with Crippen LogP contribution in [0.15, 0.2) is 36.5 Å². The zero-order chi connectivity index (χ0) is 15.5. The summed E-state index contributed by atoms with van der Waals surface area (Å²) >= 11 is 1.83. The summed E-state index contributed by atoms with van der Waals surface area (Å²) in [6.45, 7) is 9.09. The Morgan fingerprint density at radius 1 is 1.23 bits per heavy atom. The van der Waals surface area contributed by atoms with E-state index in [0.717, 1.165) is 26.2 Å². The zero-order valence-corrected chi connectivity index (χ0v) is 14.5. The monoisotopic (exact) mass is 315 g/mol. The summed E-state index contributed by atoms with van der Waals surface area (Å²) in [4.78, 5) is 11.0. The maximum atomic E-state index is 4.66. The van der Waals surface area contributed by atoms with Crippen LogP contribution in [0.3, 0.4) is 0 Å². The summed E-state index contributed by atoms with van der Waals surface area (Å²) in [6.07, 6.45) is 2.02. The largest absolute Gasteiger partial charge is 0.304 e. The van der Waals surface area contributed by atoms with Crippen LogP contribution < -0.4 is 0 Å². The third kappa shape index (κ3) is 3.57. The fraction of sp³-hybridized carbons (Fsp3) is 0.500. The van der Waals surface area contributed by atoms with Crippen LogP contribution >= 0.6 is 11.3 Å². The second-order valence-electron chi connectivity index (χ2n) is 6.53. The molecule has 22 heavy (non-hydrogen) atoms. The normalized spacial score (nSPS) is 20.6. The molecule has 3 nitrogen and oxygen atoms in total. The summed E-state index contributed by atoms with van der Waals surface area (Å²) in [7, 11) is 2.23. The minimum atomic E-state index is 0.628. The Hall–Kier alpha value is -1.23. The number of nitrogens with zero attached hydrogens (tertiary/aromatic N) is 3. The summed E-state index contributed by atoms with van der Waals surface area (Å²) in [6, 6.07) is 11.2. The first-order valence-electron chi connectivity index (χ1n) is 8.06. The summed E-state index contributed by atoms with van der Waals surface area (Å²) in [5, 5.41) is 1.23. The van der Waals surface area contributed by atoms with Crippen molar-refractivity contribution in [2.24, 2.45) is 5.92 Å². The Balaban J connectivity index is 1.71. The van der Waals surface area contributed by atoms with Crippen molar-refractivity contribution in [2.45, 2.75) is 26.4 Å². The average molecular weight is 315 g/mol. The third-order valence-electron chi connectivity index (χ3n) is 4.46. The summed E-state index contributed by atoms with van der Waals surface area (Å²) in [5.74, 6) is 0.677. The van der Waals surface area contributed by atoms with Crippen molar-refractivity contribution >= 4 is 11.3 Å². The van der Waals surface area contributed by atoms with Gasteiger partial charge in [0.1, 0.15) is 5.01 Å². The maximum absolute atomic E-state index is 4.66. The predicted molar refractivity (Wildman–Crippen MR) is 94.1 cm³/mol. The van der Waals surface area contributed by atoms with Gasteiger partial charge in [-0.3, -0.25) is 4.90 Å². The molecule has 1 aromatic carbocycles. The van der Waals surface area contributed by atoms with Gasteiger partial charge >= 0.3 is 0 Å². The molecule has 0 aliphatic carbocycles. The van der Waals surface area contributed by atoms with E-state index in [1.165, 1.54) is 15.4 Å². The highest BCUT2D eigenvalue weighted by Gasteiger charge is 2.28. The van der Waals surface area contributed by atoms with Crippen LogP contribution in [0, 0.1) is 5.92 Å². The molecule has 3 rings (SSSR count). The van der Waals surface area contributed by atoms with Gasteiger partial charge < -0.3 is 4.90 Å². The predicted octanol–water partition coefficient (Wildman–Crippen LogP) is 3.58. The van der Waals surface area contributed by atoms with E-state index >= 15 is 0 Å². The third-order valence-corrected chi connectivity index (χ3v) is 5.49. The van der Waals surface area contributed by atoms with Crippen molar-refractivity contribution in [1.29, 1.82) is 0 Å². The zero-order valence-electron chi connectivity index (χ0n) is 13.7. The van der Waals surface area contributed by atoms with Crippen molar-refractivity contribution in [3.05, 3.63) is 41.5 Å². The van der Waals surface area contributed by atoms with E-state index in [1.807, 2.05) is 17.5 Å². The topological polar surface area (TPSA) is 19.4 Å². The highest BCUT2D eigenvalue weighted by Crippen LogP contribution is 2.28. The molecular formula is C18H25N3S. The molecule has 1 aromatic heterocycles. The van der Waals surface area contributed by atoms with Gasteiger partial charge in [0.25, 0.3) is 0 Å². The van der Waals surface area contributed by atoms with Gasteiger partial charge in [0, 0.05) is 31.9 Å². The van der Waals surface area contributed by atoms with Crippen molar-refractivity contribution < 1.29 is 0 Å². The van der Waals surface area contributed by atoms with Crippen LogP contribution in [0.25, 0.3) is 10.4 Å². The van der Waals surface area contributed by atoms with Crippen LogP contribution in [0.4, 0.5) is 0 Å². The molecule has 2 heterocycles. The van der Waals surface area contributed by atoms with E-state index in [1.54, 1.807) is 0 Å². The van der Waals surface area contributed by atoms with Crippen molar-refractivity contribution in [2.75, 3.05) is 26.7 Å². The molecule has 0 unspecified atom stereocenters. The number of hydrogen-bond donors (Lipinski definition) is 0. The fourth-order valence-corrected chi connectivity index (χ4v) is 4.06. The number of aromatic nitrogens is 1. The molecule has 0 N–H and O–H groups in total. The van der Waals surface area contributed by atoms with Gasteiger partial charge in [0.15, 0.2) is 0 Å². The van der Waals surface area contributed by atoms with Crippen LogP contribution in [-0.2, 0) is 6.54 Å². The number of benzene rings is 1. The van der Waals surface area contributed by atoms with E-state index in [0.29, 0.717) is 12.0 Å². The van der Waals surface area contributed by atoms with Crippen LogP contribution in [-0.4, -0.2) is 47.5 Å². The molecule has 4 heteroatoms. The maximum Gasteiger partial charge on any atom is 0.107 e. The minimum absolute atomic E-state index is 0.628. The van der Waals surface area contributed by atoms with E-state index in [2.05, 4.69) is 66.0 Å². The highest BCUT2D eigenvalue weighted by molar-refractivity contribution is 7.15. The Morgan fingerprint density at radius 2 is 2.00 bits per heavy atom. The average Bonchev–Trinajstić information content (AvgIpc) is 2.98. The molecule has 0 spiro atoms. The molecule has 1 aliphatic heterocycles. The fourth-order valence-electron chi connectivity index (χ4n) is 3.11. The second-order valence-corrected chi connectivity index (χ2v) is 7.64. The van der Waals surface area contributed by atoms with Crippen LogP contribution in [0.5, 0.6) is 0 Å². The van der Waals surface area contributed by atoms with Crippen molar-refractivity contribution in [3.8, 4) is 10.4 Å². The van der Waals surface area contributed by atoms with Gasteiger partial charge in [-0.1, -0.05) is 44.2 Å². The van der Waals surface area contributed by atoms with Crippen LogP contribution in [0.1, 0.15) is 18.9 Å². The van der Waals surface area contributed by atoms with Gasteiger partial charge in [0.2, 0.25) is 0 Å². The quantitative estimate of drug-likeness (QED) is 0.859. The number of rotatable bonds is 4. The lowest BCUT2D eigenvalue weighted by Crippen LogP contribution is -2.53. The molecule has 118 valence electrons. The van der Waals surface area contributed by atoms with E-state index in [9.17, 15) is 0 Å². The molecule has 1 saturated heterocycles. The summed E-state index contributed by atoms with van der Waals surface area (Å²) < 4.78 is 0. The SMILES string of the molecule is CC(C)[C@@H]1CN(C)CCN1Cc1ncc(-c2ccccc2)s1. The van der Waals surface area contributed by atoms with Crippen molar-refractivity contribution in [3.63, 3.8) is 0 Å². The number of likely N-dealkylation sites (N-methyl/N-ethyl adjacent to an activating group) is 1. The lowest BCUT2D eigenvalue weighted by Gasteiger charge is -2.41. The van der Waals surface area contributed by atoms with Gasteiger partial charge in [-0.15, -0.1) is 11.3 Å². The smallest absolute Gasteiger partial charge is 0.107 e. The Bertz CT molecular complexity index is 593. The molecule has 1 fully saturated rings. The van der Waals surface area contributed by atoms with E-state index in [4.69, 9.17) is 0 Å². The minimum Gasteiger partial charge on any atom is -0.304 e. The molecular weight excluding hydrogens is 290 g/mol. The van der Waals surface area contributed by atoms with Gasteiger partial charge in [0.05, 0.1) is 11.4 Å². The molecule has 0 amide bonds. The van der Waals surface area contributed by atoms with E-state index < -0.39 is 0 Å². The first kappa shape index (κ1) is 15.7. The Kier molecular flexibility index (Phi) is 4.91.